The van der Waals surface area contributed by atoms with Gasteiger partial charge in [-0.05, 0) is 52.9 Å². The van der Waals surface area contributed by atoms with Crippen molar-refractivity contribution in [3.8, 4) is 0 Å². The van der Waals surface area contributed by atoms with Crippen molar-refractivity contribution in [1.29, 1.82) is 0 Å². The highest BCUT2D eigenvalue weighted by atomic mass is 127. The van der Waals surface area contributed by atoms with Gasteiger partial charge in [-0.25, -0.2) is 4.39 Å². The predicted molar refractivity (Wildman–Crippen MR) is 82.5 cm³/mol. The maximum Gasteiger partial charge on any atom is 0.124 e. The van der Waals surface area contributed by atoms with Crippen molar-refractivity contribution in [2.24, 2.45) is 5.73 Å². The summed E-state index contributed by atoms with van der Waals surface area (Å²) in [6.07, 6.45) is 1.62. The Morgan fingerprint density at radius 3 is 2.78 bits per heavy atom. The third kappa shape index (κ3) is 3.14. The number of halogens is 2. The molecule has 0 aliphatic rings. The van der Waals surface area contributed by atoms with Gasteiger partial charge in [0.25, 0.3) is 0 Å². The van der Waals surface area contributed by atoms with Crippen LogP contribution in [0, 0.1) is 9.39 Å². The first-order valence-corrected chi connectivity index (χ1v) is 6.53. The van der Waals surface area contributed by atoms with Crippen molar-refractivity contribution < 1.29 is 4.39 Å². The molecule has 0 spiro atoms. The van der Waals surface area contributed by atoms with Crippen molar-refractivity contribution in [2.45, 2.75) is 0 Å². The van der Waals surface area contributed by atoms with Gasteiger partial charge in [0.05, 0.1) is 11.4 Å². The molecule has 0 aliphatic heterocycles. The largest absolute Gasteiger partial charge is 0.388 e. The summed E-state index contributed by atoms with van der Waals surface area (Å²) in [5.74, 6) is -0.261. The van der Waals surface area contributed by atoms with Crippen LogP contribution in [0.25, 0.3) is 0 Å². The van der Waals surface area contributed by atoms with E-state index in [1.807, 2.05) is 0 Å². The Kier molecular flexibility index (Phi) is 4.07. The van der Waals surface area contributed by atoms with Gasteiger partial charge in [0.2, 0.25) is 0 Å². The topological polar surface area (TPSA) is 50.9 Å². The lowest BCUT2D eigenvalue weighted by molar-refractivity contribution is 0.627. The predicted octanol–water partition coefficient (Wildman–Crippen LogP) is 3.20. The van der Waals surface area contributed by atoms with Gasteiger partial charge in [-0.15, -0.1) is 0 Å². The molecule has 2 aromatic rings. The van der Waals surface area contributed by atoms with Crippen LogP contribution in [0.1, 0.15) is 5.69 Å². The molecule has 0 unspecified atom stereocenters. The molecule has 3 N–H and O–H groups in total. The summed E-state index contributed by atoms with van der Waals surface area (Å²) in [5, 5.41) is 3.17. The van der Waals surface area contributed by atoms with Crippen molar-refractivity contribution in [3.05, 3.63) is 51.6 Å². The zero-order valence-corrected chi connectivity index (χ0v) is 12.1. The SMILES string of the molecule is NC(=S)c1cc(Nc2ccc(F)cc2I)ccn1. The molecule has 0 saturated heterocycles. The number of thiocarbonyl (C=S) groups is 1. The highest BCUT2D eigenvalue weighted by molar-refractivity contribution is 14.1. The number of anilines is 2. The van der Waals surface area contributed by atoms with Crippen LogP contribution in [-0.2, 0) is 0 Å². The van der Waals surface area contributed by atoms with Crippen molar-refractivity contribution in [1.82, 2.24) is 4.98 Å². The first kappa shape index (κ1) is 13.2. The molecule has 0 saturated carbocycles. The Hall–Kier alpha value is -1.28. The summed E-state index contributed by atoms with van der Waals surface area (Å²) >= 11 is 6.93. The van der Waals surface area contributed by atoms with Gasteiger partial charge in [-0.1, -0.05) is 12.2 Å². The summed E-state index contributed by atoms with van der Waals surface area (Å²) in [6.45, 7) is 0. The van der Waals surface area contributed by atoms with Crippen LogP contribution in [0.3, 0.4) is 0 Å². The minimum absolute atomic E-state index is 0.243. The summed E-state index contributed by atoms with van der Waals surface area (Å²) in [5.41, 5.74) is 7.68. The fraction of sp³-hybridized carbons (Fsp3) is 0. The molecule has 6 heteroatoms. The Morgan fingerprint density at radius 1 is 1.33 bits per heavy atom. The molecule has 92 valence electrons. The third-order valence-corrected chi connectivity index (χ3v) is 3.32. The maximum absolute atomic E-state index is 13.0. The zero-order valence-electron chi connectivity index (χ0n) is 9.15. The van der Waals surface area contributed by atoms with Gasteiger partial charge in [0.15, 0.2) is 0 Å². The normalized spacial score (nSPS) is 10.1. The Bertz CT molecular complexity index is 604. The minimum atomic E-state index is -0.261. The molecule has 1 aromatic heterocycles. The lowest BCUT2D eigenvalue weighted by atomic mass is 10.2. The number of hydrogen-bond donors (Lipinski definition) is 2. The van der Waals surface area contributed by atoms with Crippen LogP contribution in [0.15, 0.2) is 36.5 Å². The van der Waals surface area contributed by atoms with E-state index in [2.05, 4.69) is 32.9 Å². The van der Waals surface area contributed by atoms with E-state index in [-0.39, 0.29) is 10.8 Å². The van der Waals surface area contributed by atoms with E-state index in [9.17, 15) is 4.39 Å². The lowest BCUT2D eigenvalue weighted by Gasteiger charge is -2.09. The van der Waals surface area contributed by atoms with Crippen LogP contribution in [-0.4, -0.2) is 9.97 Å². The number of pyridine rings is 1. The van der Waals surface area contributed by atoms with E-state index < -0.39 is 0 Å². The molecule has 1 heterocycles. The van der Waals surface area contributed by atoms with Crippen molar-refractivity contribution in [3.63, 3.8) is 0 Å². The highest BCUT2D eigenvalue weighted by Crippen LogP contribution is 2.23. The van der Waals surface area contributed by atoms with Gasteiger partial charge < -0.3 is 11.1 Å². The van der Waals surface area contributed by atoms with E-state index in [1.54, 1.807) is 24.4 Å². The average molecular weight is 373 g/mol. The second kappa shape index (κ2) is 5.57. The molecule has 0 amide bonds. The van der Waals surface area contributed by atoms with Gasteiger partial charge in [-0.2, -0.15) is 0 Å². The first-order chi connectivity index (χ1) is 8.56. The quantitative estimate of drug-likeness (QED) is 0.641. The Balaban J connectivity index is 2.28. The lowest BCUT2D eigenvalue weighted by Crippen LogP contribution is -2.11. The van der Waals surface area contributed by atoms with Crippen molar-refractivity contribution >= 4 is 51.2 Å². The highest BCUT2D eigenvalue weighted by Gasteiger charge is 2.04. The molecule has 0 atom stereocenters. The van der Waals surface area contributed by atoms with E-state index in [0.29, 0.717) is 5.69 Å². The molecule has 0 radical (unpaired) electrons. The maximum atomic E-state index is 13.0. The molecule has 18 heavy (non-hydrogen) atoms. The van der Waals surface area contributed by atoms with Crippen LogP contribution < -0.4 is 11.1 Å². The molecule has 0 aliphatic carbocycles. The van der Waals surface area contributed by atoms with Gasteiger partial charge in [0.1, 0.15) is 10.8 Å². The first-order valence-electron chi connectivity index (χ1n) is 5.04. The van der Waals surface area contributed by atoms with E-state index in [0.717, 1.165) is 14.9 Å². The fourth-order valence-corrected chi connectivity index (χ4v) is 2.11. The molecular formula is C12H9FIN3S. The van der Waals surface area contributed by atoms with Crippen LogP contribution in [0.2, 0.25) is 0 Å². The second-order valence-corrected chi connectivity index (χ2v) is 5.15. The van der Waals surface area contributed by atoms with E-state index in [4.69, 9.17) is 18.0 Å². The number of aromatic nitrogens is 1. The summed E-state index contributed by atoms with van der Waals surface area (Å²) in [4.78, 5) is 4.29. The number of rotatable bonds is 3. The van der Waals surface area contributed by atoms with Gasteiger partial charge in [0, 0.05) is 15.5 Å². The van der Waals surface area contributed by atoms with Crippen molar-refractivity contribution in [2.75, 3.05) is 5.32 Å². The smallest absolute Gasteiger partial charge is 0.124 e. The van der Waals surface area contributed by atoms with Crippen LogP contribution >= 0.6 is 34.8 Å². The Labute approximate surface area is 123 Å². The van der Waals surface area contributed by atoms with E-state index in [1.165, 1.54) is 12.1 Å². The summed E-state index contributed by atoms with van der Waals surface area (Å²) < 4.78 is 13.8. The number of hydrogen-bond acceptors (Lipinski definition) is 3. The number of nitrogens with one attached hydrogen (secondary N) is 1. The minimum Gasteiger partial charge on any atom is -0.388 e. The molecule has 0 fully saturated rings. The number of benzene rings is 1. The van der Waals surface area contributed by atoms with Gasteiger partial charge in [-0.3, -0.25) is 4.98 Å². The second-order valence-electron chi connectivity index (χ2n) is 3.54. The Morgan fingerprint density at radius 2 is 2.11 bits per heavy atom. The van der Waals surface area contributed by atoms with E-state index >= 15 is 0 Å². The molecule has 0 bridgehead atoms. The molecule has 3 nitrogen and oxygen atoms in total. The molecular weight excluding hydrogens is 364 g/mol. The average Bonchev–Trinajstić information content (AvgIpc) is 2.33. The number of nitrogens with two attached hydrogens (primary N) is 1. The fourth-order valence-electron chi connectivity index (χ4n) is 1.39. The van der Waals surface area contributed by atoms with Crippen LogP contribution in [0.4, 0.5) is 15.8 Å². The van der Waals surface area contributed by atoms with Crippen LogP contribution in [0.5, 0.6) is 0 Å². The summed E-state index contributed by atoms with van der Waals surface area (Å²) in [7, 11) is 0. The third-order valence-electron chi connectivity index (χ3n) is 2.22. The zero-order chi connectivity index (χ0) is 13.1. The monoisotopic (exact) mass is 373 g/mol. The van der Waals surface area contributed by atoms with Gasteiger partial charge >= 0.3 is 0 Å². The molecule has 2 rings (SSSR count). The standard InChI is InChI=1S/C12H9FIN3S/c13-7-1-2-10(9(14)5-7)17-8-3-4-16-11(6-8)12(15)18/h1-6H,(H2,15,18)(H,16,17). The summed E-state index contributed by atoms with van der Waals surface area (Å²) in [6, 6.07) is 8.08. The number of nitrogens with zero attached hydrogens (tertiary/aromatic N) is 1. The molecule has 1 aromatic carbocycles.